The molecule has 0 atom stereocenters. The molecule has 0 unspecified atom stereocenters. The Morgan fingerprint density at radius 3 is 2.58 bits per heavy atom. The van der Waals surface area contributed by atoms with Gasteiger partial charge >= 0.3 is 5.69 Å². The molecule has 2 N–H and O–H groups in total. The Bertz CT molecular complexity index is 1580. The quantitative estimate of drug-likeness (QED) is 0.370. The summed E-state index contributed by atoms with van der Waals surface area (Å²) in [5, 5.41) is 9.84. The molecule has 4 aromatic rings. The largest absolute Gasteiger partial charge is 0.493 e. The minimum Gasteiger partial charge on any atom is -0.493 e. The molecular weight excluding hydrogens is 482 g/mol. The number of nitrogens with zero attached hydrogens (tertiary/aromatic N) is 5. The van der Waals surface area contributed by atoms with Crippen LogP contribution in [0.4, 0.5) is 11.6 Å². The van der Waals surface area contributed by atoms with Crippen molar-refractivity contribution in [2.24, 2.45) is 4.99 Å². The first-order chi connectivity index (χ1) is 18.4. The fourth-order valence-corrected chi connectivity index (χ4v) is 5.11. The van der Waals surface area contributed by atoms with Gasteiger partial charge in [-0.05, 0) is 62.9 Å². The summed E-state index contributed by atoms with van der Waals surface area (Å²) in [4.78, 5) is 23.1. The van der Waals surface area contributed by atoms with Crippen LogP contribution in [0, 0.1) is 20.8 Å². The maximum absolute atomic E-state index is 13.9. The molecule has 10 heteroatoms. The van der Waals surface area contributed by atoms with Crippen molar-refractivity contribution in [2.75, 3.05) is 25.6 Å². The number of hydrogen-bond donors (Lipinski definition) is 2. The van der Waals surface area contributed by atoms with Crippen molar-refractivity contribution in [3.63, 3.8) is 0 Å². The van der Waals surface area contributed by atoms with Crippen LogP contribution in [0.1, 0.15) is 29.2 Å². The molecule has 0 bridgehead atoms. The second-order valence-electron chi connectivity index (χ2n) is 9.44. The molecule has 0 radical (unpaired) electrons. The Hall–Kier alpha value is -4.34. The molecule has 0 fully saturated rings. The van der Waals surface area contributed by atoms with Gasteiger partial charge in [-0.3, -0.25) is 9.13 Å². The van der Waals surface area contributed by atoms with Crippen molar-refractivity contribution in [2.45, 2.75) is 47.2 Å². The number of ether oxygens (including phenoxy) is 2. The van der Waals surface area contributed by atoms with Crippen LogP contribution in [0.15, 0.2) is 46.4 Å². The lowest BCUT2D eigenvalue weighted by Gasteiger charge is -2.25. The first-order valence-corrected chi connectivity index (χ1v) is 12.8. The second kappa shape index (κ2) is 10.6. The molecule has 5 rings (SSSR count). The number of aromatic amines is 1. The highest BCUT2D eigenvalue weighted by atomic mass is 16.5. The van der Waals surface area contributed by atoms with Crippen LogP contribution in [-0.2, 0) is 19.5 Å². The average molecular weight is 516 g/mol. The van der Waals surface area contributed by atoms with Crippen molar-refractivity contribution in [3.8, 4) is 22.8 Å². The molecule has 2 aromatic carbocycles. The van der Waals surface area contributed by atoms with Gasteiger partial charge in [-0.25, -0.2) is 19.9 Å². The van der Waals surface area contributed by atoms with Crippen molar-refractivity contribution in [3.05, 3.63) is 74.9 Å². The van der Waals surface area contributed by atoms with E-state index in [-0.39, 0.29) is 5.69 Å². The SMILES string of the molecule is CCOc1cc2c(cc1OC)-c1cc(=Nc3c(C)cc(C)cc3C)n(CCNc3ncn[nH]3)c(=O)n1CC2. The molecule has 198 valence electrons. The highest BCUT2D eigenvalue weighted by Gasteiger charge is 2.22. The molecule has 1 aliphatic rings. The summed E-state index contributed by atoms with van der Waals surface area (Å²) in [5.74, 6) is 1.91. The summed E-state index contributed by atoms with van der Waals surface area (Å²) in [6.07, 6.45) is 2.16. The van der Waals surface area contributed by atoms with E-state index < -0.39 is 0 Å². The van der Waals surface area contributed by atoms with E-state index in [0.717, 1.165) is 40.1 Å². The Labute approximate surface area is 221 Å². The summed E-state index contributed by atoms with van der Waals surface area (Å²) in [5.41, 5.74) is 7.56. The van der Waals surface area contributed by atoms with Crippen LogP contribution in [0.2, 0.25) is 0 Å². The molecule has 0 aliphatic carbocycles. The van der Waals surface area contributed by atoms with Gasteiger partial charge in [0.2, 0.25) is 5.95 Å². The van der Waals surface area contributed by atoms with Crippen LogP contribution in [0.5, 0.6) is 11.5 Å². The van der Waals surface area contributed by atoms with Crippen molar-refractivity contribution < 1.29 is 9.47 Å². The number of aromatic nitrogens is 5. The van der Waals surface area contributed by atoms with Gasteiger partial charge in [-0.1, -0.05) is 17.7 Å². The molecule has 0 spiro atoms. The predicted molar refractivity (Wildman–Crippen MR) is 146 cm³/mol. The number of nitrogens with one attached hydrogen (secondary N) is 2. The normalized spacial score (nSPS) is 12.7. The number of benzene rings is 2. The van der Waals surface area contributed by atoms with E-state index in [1.807, 2.05) is 29.7 Å². The summed E-state index contributed by atoms with van der Waals surface area (Å²) in [6.45, 7) is 10.1. The molecule has 2 aromatic heterocycles. The molecular formula is C28H33N7O3. The first-order valence-electron chi connectivity index (χ1n) is 12.8. The lowest BCUT2D eigenvalue weighted by molar-refractivity contribution is 0.310. The third-order valence-electron chi connectivity index (χ3n) is 6.77. The molecule has 3 heterocycles. The van der Waals surface area contributed by atoms with Crippen molar-refractivity contribution in [1.29, 1.82) is 0 Å². The van der Waals surface area contributed by atoms with E-state index in [1.54, 1.807) is 11.7 Å². The Morgan fingerprint density at radius 1 is 1.11 bits per heavy atom. The van der Waals surface area contributed by atoms with Gasteiger partial charge in [-0.2, -0.15) is 5.10 Å². The maximum Gasteiger partial charge on any atom is 0.330 e. The number of fused-ring (bicyclic) bond motifs is 3. The zero-order chi connectivity index (χ0) is 26.8. The second-order valence-corrected chi connectivity index (χ2v) is 9.44. The van der Waals surface area contributed by atoms with Gasteiger partial charge in [0.15, 0.2) is 11.5 Å². The van der Waals surface area contributed by atoms with Gasteiger partial charge in [0, 0.05) is 31.3 Å². The van der Waals surface area contributed by atoms with E-state index in [9.17, 15) is 4.79 Å². The summed E-state index contributed by atoms with van der Waals surface area (Å²) in [7, 11) is 1.63. The monoisotopic (exact) mass is 515 g/mol. The highest BCUT2D eigenvalue weighted by Crippen LogP contribution is 2.37. The topological polar surface area (TPSA) is 111 Å². The summed E-state index contributed by atoms with van der Waals surface area (Å²) >= 11 is 0. The van der Waals surface area contributed by atoms with Gasteiger partial charge in [-0.15, -0.1) is 0 Å². The van der Waals surface area contributed by atoms with Crippen LogP contribution in [-0.4, -0.2) is 44.6 Å². The smallest absolute Gasteiger partial charge is 0.330 e. The van der Waals surface area contributed by atoms with Crippen LogP contribution in [0.25, 0.3) is 11.3 Å². The van der Waals surface area contributed by atoms with Crippen molar-refractivity contribution in [1.82, 2.24) is 24.3 Å². The van der Waals surface area contributed by atoms with E-state index in [2.05, 4.69) is 53.4 Å². The zero-order valence-electron chi connectivity index (χ0n) is 22.5. The summed E-state index contributed by atoms with van der Waals surface area (Å²) in [6, 6.07) is 10.2. The van der Waals surface area contributed by atoms with E-state index in [0.29, 0.717) is 49.2 Å². The molecule has 10 nitrogen and oxygen atoms in total. The van der Waals surface area contributed by atoms with Gasteiger partial charge in [0.05, 0.1) is 25.1 Å². The van der Waals surface area contributed by atoms with Crippen LogP contribution >= 0.6 is 0 Å². The molecule has 0 amide bonds. The predicted octanol–water partition coefficient (Wildman–Crippen LogP) is 3.67. The number of hydrogen-bond acceptors (Lipinski definition) is 7. The number of rotatable bonds is 8. The Morgan fingerprint density at radius 2 is 1.89 bits per heavy atom. The maximum atomic E-state index is 13.9. The molecule has 38 heavy (non-hydrogen) atoms. The lowest BCUT2D eigenvalue weighted by Crippen LogP contribution is -2.43. The average Bonchev–Trinajstić information content (AvgIpc) is 3.41. The first kappa shape index (κ1) is 25.3. The van der Waals surface area contributed by atoms with Gasteiger partial charge in [0.1, 0.15) is 11.8 Å². The number of H-pyrrole nitrogens is 1. The van der Waals surface area contributed by atoms with E-state index in [4.69, 9.17) is 14.5 Å². The van der Waals surface area contributed by atoms with Crippen LogP contribution in [0.3, 0.4) is 0 Å². The Kier molecular flexibility index (Phi) is 7.04. The summed E-state index contributed by atoms with van der Waals surface area (Å²) < 4.78 is 15.0. The molecule has 0 saturated heterocycles. The third kappa shape index (κ3) is 4.81. The number of anilines is 1. The zero-order valence-corrected chi connectivity index (χ0v) is 22.5. The van der Waals surface area contributed by atoms with Crippen molar-refractivity contribution >= 4 is 11.6 Å². The van der Waals surface area contributed by atoms with Crippen LogP contribution < -0.4 is 26.0 Å². The molecule has 1 aliphatic heterocycles. The minimum absolute atomic E-state index is 0.110. The van der Waals surface area contributed by atoms with E-state index >= 15 is 0 Å². The number of methoxy groups -OCH3 is 1. The lowest BCUT2D eigenvalue weighted by atomic mass is 9.97. The Balaban J connectivity index is 1.68. The fourth-order valence-electron chi connectivity index (χ4n) is 5.11. The third-order valence-corrected chi connectivity index (χ3v) is 6.77. The molecule has 0 saturated carbocycles. The number of aryl methyl sites for hydroxylation is 4. The fraction of sp³-hybridized carbons (Fsp3) is 0.357. The van der Waals surface area contributed by atoms with Gasteiger partial charge < -0.3 is 14.8 Å². The highest BCUT2D eigenvalue weighted by molar-refractivity contribution is 5.70. The van der Waals surface area contributed by atoms with E-state index in [1.165, 1.54) is 11.9 Å². The standard InChI is InChI=1S/C28H33N7O3/c1-6-38-24-13-20-7-9-34-22(21(20)14-23(24)37-5)15-25(32-26-18(3)11-17(2)12-19(26)4)35(28(34)36)10-8-29-27-30-16-31-33-27/h11-16H,6-10H2,1-5H3,(H2,29,30,31,33). The van der Waals surface area contributed by atoms with Gasteiger partial charge in [0.25, 0.3) is 0 Å². The minimum atomic E-state index is -0.110.